The molecular formula is C18H13N5S. The van der Waals surface area contributed by atoms with Crippen molar-refractivity contribution in [2.75, 3.05) is 0 Å². The average molecular weight is 331 g/mol. The lowest BCUT2D eigenvalue weighted by Gasteiger charge is -2.01. The van der Waals surface area contributed by atoms with E-state index in [1.165, 1.54) is 21.3 Å². The van der Waals surface area contributed by atoms with Crippen LogP contribution in [-0.4, -0.2) is 24.5 Å². The summed E-state index contributed by atoms with van der Waals surface area (Å²) >= 11 is 1.74. The van der Waals surface area contributed by atoms with Gasteiger partial charge in [-0.15, -0.1) is 11.3 Å². The molecule has 0 aliphatic carbocycles. The fraction of sp³-hybridized carbons (Fsp3) is 0. The van der Waals surface area contributed by atoms with E-state index in [0.717, 1.165) is 17.1 Å². The first-order valence-electron chi connectivity index (χ1n) is 7.56. The Bertz CT molecular complexity index is 1080. The lowest BCUT2D eigenvalue weighted by atomic mass is 10.0. The monoisotopic (exact) mass is 331 g/mol. The Balaban J connectivity index is 1.57. The maximum atomic E-state index is 4.10. The van der Waals surface area contributed by atoms with Crippen LogP contribution in [-0.2, 0) is 0 Å². The topological polar surface area (TPSA) is 62.3 Å². The number of H-pyrrole nitrogens is 2. The molecule has 0 amide bonds. The molecule has 1 aromatic carbocycles. The van der Waals surface area contributed by atoms with Crippen LogP contribution in [0, 0.1) is 0 Å². The summed E-state index contributed by atoms with van der Waals surface area (Å²) in [4.78, 5) is 15.7. The standard InChI is InChI=1S/C18H13N5S/c1-3-13(16-7-19-10-21-16)4-2-12(1)15-9-24-18-14(15)5-6-23(18)17-8-20-11-22-17/h1-11H,(H,19,21)(H,20,22). The van der Waals surface area contributed by atoms with Crippen molar-refractivity contribution in [2.24, 2.45) is 0 Å². The summed E-state index contributed by atoms with van der Waals surface area (Å²) < 4.78 is 2.13. The van der Waals surface area contributed by atoms with Crippen molar-refractivity contribution < 1.29 is 0 Å². The largest absolute Gasteiger partial charge is 0.345 e. The molecule has 0 radical (unpaired) electrons. The van der Waals surface area contributed by atoms with Gasteiger partial charge in [0.15, 0.2) is 0 Å². The number of thiophene rings is 1. The molecule has 0 spiro atoms. The van der Waals surface area contributed by atoms with Gasteiger partial charge in [-0.05, 0) is 17.2 Å². The number of nitrogens with one attached hydrogen (secondary N) is 2. The van der Waals surface area contributed by atoms with Crippen molar-refractivity contribution >= 4 is 21.6 Å². The number of aromatic nitrogens is 5. The van der Waals surface area contributed by atoms with Crippen molar-refractivity contribution in [2.45, 2.75) is 0 Å². The van der Waals surface area contributed by atoms with Crippen LogP contribution >= 0.6 is 11.3 Å². The van der Waals surface area contributed by atoms with E-state index in [2.05, 4.69) is 66.4 Å². The van der Waals surface area contributed by atoms with E-state index in [4.69, 9.17) is 0 Å². The van der Waals surface area contributed by atoms with Crippen LogP contribution in [0.4, 0.5) is 0 Å². The molecule has 0 atom stereocenters. The van der Waals surface area contributed by atoms with Crippen molar-refractivity contribution in [1.82, 2.24) is 24.5 Å². The first-order valence-corrected chi connectivity index (χ1v) is 8.44. The van der Waals surface area contributed by atoms with Crippen molar-refractivity contribution in [3.05, 3.63) is 67.0 Å². The molecule has 0 saturated heterocycles. The van der Waals surface area contributed by atoms with Crippen LogP contribution in [0.3, 0.4) is 0 Å². The highest BCUT2D eigenvalue weighted by Gasteiger charge is 2.12. The maximum Gasteiger partial charge on any atom is 0.135 e. The number of hydrogen-bond donors (Lipinski definition) is 2. The van der Waals surface area contributed by atoms with Crippen molar-refractivity contribution in [1.29, 1.82) is 0 Å². The second-order valence-electron chi connectivity index (χ2n) is 5.53. The van der Waals surface area contributed by atoms with Gasteiger partial charge in [-0.1, -0.05) is 24.3 Å². The minimum absolute atomic E-state index is 0.980. The van der Waals surface area contributed by atoms with Gasteiger partial charge in [-0.2, -0.15) is 0 Å². The Hall–Kier alpha value is -3.12. The number of benzene rings is 1. The molecule has 0 fully saturated rings. The highest BCUT2D eigenvalue weighted by molar-refractivity contribution is 7.17. The zero-order chi connectivity index (χ0) is 15.9. The van der Waals surface area contributed by atoms with Gasteiger partial charge < -0.3 is 9.97 Å². The minimum Gasteiger partial charge on any atom is -0.345 e. The highest BCUT2D eigenvalue weighted by Crippen LogP contribution is 2.36. The van der Waals surface area contributed by atoms with Gasteiger partial charge in [0.1, 0.15) is 10.6 Å². The van der Waals surface area contributed by atoms with E-state index in [0.29, 0.717) is 0 Å². The fourth-order valence-electron chi connectivity index (χ4n) is 2.96. The molecule has 24 heavy (non-hydrogen) atoms. The Morgan fingerprint density at radius 3 is 2.42 bits per heavy atom. The molecule has 5 aromatic rings. The van der Waals surface area contributed by atoms with E-state index < -0.39 is 0 Å². The van der Waals surface area contributed by atoms with E-state index in [-0.39, 0.29) is 0 Å². The third kappa shape index (κ3) is 2.00. The Labute approximate surface area is 141 Å². The summed E-state index contributed by atoms with van der Waals surface area (Å²) in [5.41, 5.74) is 4.64. The number of hydrogen-bond acceptors (Lipinski definition) is 3. The molecule has 2 N–H and O–H groups in total. The zero-order valence-electron chi connectivity index (χ0n) is 12.6. The number of aromatic amines is 2. The molecule has 0 aliphatic heterocycles. The number of fused-ring (bicyclic) bond motifs is 1. The van der Waals surface area contributed by atoms with Crippen LogP contribution in [0.5, 0.6) is 0 Å². The second kappa shape index (κ2) is 5.21. The van der Waals surface area contributed by atoms with Crippen molar-refractivity contribution in [3.63, 3.8) is 0 Å². The molecule has 5 rings (SSSR count). The summed E-state index contributed by atoms with van der Waals surface area (Å²) in [6.45, 7) is 0. The molecule has 116 valence electrons. The van der Waals surface area contributed by atoms with E-state index in [9.17, 15) is 0 Å². The minimum atomic E-state index is 0.980. The lowest BCUT2D eigenvalue weighted by Crippen LogP contribution is -1.88. The molecule has 0 saturated carbocycles. The molecular weight excluding hydrogens is 318 g/mol. The van der Waals surface area contributed by atoms with Gasteiger partial charge in [-0.3, -0.25) is 4.57 Å². The average Bonchev–Trinajstić information content (AvgIpc) is 3.38. The first kappa shape index (κ1) is 13.3. The van der Waals surface area contributed by atoms with Gasteiger partial charge in [0.25, 0.3) is 0 Å². The summed E-state index contributed by atoms with van der Waals surface area (Å²) in [7, 11) is 0. The SMILES string of the molecule is c1ncc(-c2ccc(-c3csc4c3ccn4-c3cnc[nH]3)cc2)[nH]1. The maximum absolute atomic E-state index is 4.10. The summed E-state index contributed by atoms with van der Waals surface area (Å²) in [5.74, 6) is 0.980. The lowest BCUT2D eigenvalue weighted by molar-refractivity contribution is 1.08. The van der Waals surface area contributed by atoms with Crippen LogP contribution < -0.4 is 0 Å². The van der Waals surface area contributed by atoms with Crippen molar-refractivity contribution in [3.8, 4) is 28.2 Å². The Kier molecular flexibility index (Phi) is 2.89. The third-order valence-electron chi connectivity index (χ3n) is 4.17. The van der Waals surface area contributed by atoms with Crippen LogP contribution in [0.25, 0.3) is 38.4 Å². The third-order valence-corrected chi connectivity index (χ3v) is 5.16. The molecule has 0 bridgehead atoms. The Morgan fingerprint density at radius 1 is 0.875 bits per heavy atom. The van der Waals surface area contributed by atoms with Crippen LogP contribution in [0.15, 0.2) is 67.0 Å². The molecule has 0 aliphatic rings. The molecule has 5 nitrogen and oxygen atoms in total. The number of imidazole rings is 2. The first-order chi connectivity index (χ1) is 11.9. The highest BCUT2D eigenvalue weighted by atomic mass is 32.1. The molecule has 6 heteroatoms. The van der Waals surface area contributed by atoms with Gasteiger partial charge in [-0.25, -0.2) is 9.97 Å². The predicted octanol–water partition coefficient (Wildman–Crippen LogP) is 4.47. The van der Waals surface area contributed by atoms with Crippen LogP contribution in [0.1, 0.15) is 0 Å². The molecule has 4 heterocycles. The summed E-state index contributed by atoms with van der Waals surface area (Å²) in [6.07, 6.45) is 9.14. The smallest absolute Gasteiger partial charge is 0.135 e. The van der Waals surface area contributed by atoms with Gasteiger partial charge in [0.2, 0.25) is 0 Å². The normalized spacial score (nSPS) is 11.3. The van der Waals surface area contributed by atoms with Gasteiger partial charge >= 0.3 is 0 Å². The Morgan fingerprint density at radius 2 is 1.67 bits per heavy atom. The predicted molar refractivity (Wildman–Crippen MR) is 96.3 cm³/mol. The molecule has 4 aromatic heterocycles. The number of rotatable bonds is 3. The fourth-order valence-corrected chi connectivity index (χ4v) is 4.03. The van der Waals surface area contributed by atoms with Gasteiger partial charge in [0, 0.05) is 22.5 Å². The van der Waals surface area contributed by atoms with Crippen LogP contribution in [0.2, 0.25) is 0 Å². The van der Waals surface area contributed by atoms with E-state index in [1.807, 2.05) is 12.4 Å². The van der Waals surface area contributed by atoms with E-state index in [1.54, 1.807) is 24.0 Å². The van der Waals surface area contributed by atoms with Gasteiger partial charge in [0.05, 0.1) is 30.7 Å². The number of nitrogens with zero attached hydrogens (tertiary/aromatic N) is 3. The zero-order valence-corrected chi connectivity index (χ0v) is 13.4. The summed E-state index contributed by atoms with van der Waals surface area (Å²) in [5, 5.41) is 3.46. The quantitative estimate of drug-likeness (QED) is 0.512. The summed E-state index contributed by atoms with van der Waals surface area (Å²) in [6, 6.07) is 10.7. The second-order valence-corrected chi connectivity index (χ2v) is 6.39. The molecule has 0 unspecified atom stereocenters. The van der Waals surface area contributed by atoms with E-state index >= 15 is 0 Å².